The zero-order valence-electron chi connectivity index (χ0n) is 9.98. The van der Waals surface area contributed by atoms with E-state index >= 15 is 0 Å². The third kappa shape index (κ3) is 4.74. The predicted molar refractivity (Wildman–Crippen MR) is 66.1 cm³/mol. The van der Waals surface area contributed by atoms with Crippen LogP contribution >= 0.6 is 11.6 Å². The van der Waals surface area contributed by atoms with Gasteiger partial charge in [-0.1, -0.05) is 11.6 Å². The molecule has 0 aliphatic rings. The van der Waals surface area contributed by atoms with Crippen molar-refractivity contribution in [3.05, 3.63) is 28.8 Å². The second kappa shape index (κ2) is 6.85. The molecule has 1 rings (SSSR count). The van der Waals surface area contributed by atoms with Gasteiger partial charge in [0.1, 0.15) is 0 Å². The number of ether oxygens (including phenoxy) is 1. The van der Waals surface area contributed by atoms with Gasteiger partial charge in [-0.15, -0.1) is 0 Å². The van der Waals surface area contributed by atoms with E-state index in [-0.39, 0.29) is 10.7 Å². The summed E-state index contributed by atoms with van der Waals surface area (Å²) in [6, 6.07) is 3.69. The molecule has 1 aromatic carbocycles. The van der Waals surface area contributed by atoms with E-state index in [1.807, 2.05) is 6.92 Å². The van der Waals surface area contributed by atoms with Crippen molar-refractivity contribution in [3.8, 4) is 0 Å². The van der Waals surface area contributed by atoms with E-state index in [2.05, 4.69) is 5.32 Å². The second-order valence-electron chi connectivity index (χ2n) is 3.66. The molecule has 0 aromatic heterocycles. The van der Waals surface area contributed by atoms with Crippen molar-refractivity contribution in [3.63, 3.8) is 0 Å². The molecule has 0 saturated carbocycles. The predicted octanol–water partition coefficient (Wildman–Crippen LogP) is 4.20. The fourth-order valence-corrected chi connectivity index (χ4v) is 1.62. The fourth-order valence-electron chi connectivity index (χ4n) is 1.45. The van der Waals surface area contributed by atoms with E-state index in [9.17, 15) is 13.2 Å². The summed E-state index contributed by atoms with van der Waals surface area (Å²) in [6.07, 6.45) is -3.76. The molecule has 0 radical (unpaired) electrons. The van der Waals surface area contributed by atoms with Crippen LogP contribution in [0.5, 0.6) is 0 Å². The first-order chi connectivity index (χ1) is 8.45. The highest BCUT2D eigenvalue weighted by molar-refractivity contribution is 6.30. The van der Waals surface area contributed by atoms with Gasteiger partial charge in [0.25, 0.3) is 0 Å². The minimum Gasteiger partial charge on any atom is -0.384 e. The minimum absolute atomic E-state index is 0.0448. The lowest BCUT2D eigenvalue weighted by molar-refractivity contribution is -0.136. The number of nitrogens with one attached hydrogen (secondary N) is 1. The summed E-state index contributed by atoms with van der Waals surface area (Å²) in [5.41, 5.74) is -0.699. The Labute approximate surface area is 109 Å². The van der Waals surface area contributed by atoms with Gasteiger partial charge in [0.05, 0.1) is 5.56 Å². The first-order valence-electron chi connectivity index (χ1n) is 5.63. The Kier molecular flexibility index (Phi) is 5.75. The Hall–Kier alpha value is -0.940. The van der Waals surface area contributed by atoms with Crippen molar-refractivity contribution < 1.29 is 17.9 Å². The van der Waals surface area contributed by atoms with E-state index in [0.29, 0.717) is 26.2 Å². The molecule has 0 amide bonds. The average Bonchev–Trinajstić information content (AvgIpc) is 2.29. The zero-order chi connectivity index (χ0) is 13.6. The van der Waals surface area contributed by atoms with Crippen LogP contribution in [0.15, 0.2) is 18.2 Å². The van der Waals surface area contributed by atoms with Gasteiger partial charge in [0.2, 0.25) is 0 Å². The van der Waals surface area contributed by atoms with Crippen molar-refractivity contribution in [1.82, 2.24) is 0 Å². The molecule has 0 saturated heterocycles. The van der Waals surface area contributed by atoms with Crippen molar-refractivity contribution >= 4 is 17.3 Å². The maximum absolute atomic E-state index is 12.7. The number of halogens is 4. The van der Waals surface area contributed by atoms with Gasteiger partial charge in [-0.3, -0.25) is 0 Å². The van der Waals surface area contributed by atoms with E-state index < -0.39 is 11.7 Å². The minimum atomic E-state index is -4.41. The molecule has 6 heteroatoms. The molecule has 18 heavy (non-hydrogen) atoms. The largest absolute Gasteiger partial charge is 0.418 e. The molecular weight excluding hydrogens is 267 g/mol. The van der Waals surface area contributed by atoms with Crippen LogP contribution in [0.1, 0.15) is 18.9 Å². The van der Waals surface area contributed by atoms with E-state index in [1.165, 1.54) is 12.1 Å². The number of rotatable bonds is 6. The SMILES string of the molecule is CCOCCCNc1ccc(Cl)cc1C(F)(F)F. The number of hydrogen-bond donors (Lipinski definition) is 1. The van der Waals surface area contributed by atoms with Crippen LogP contribution in [-0.2, 0) is 10.9 Å². The summed E-state index contributed by atoms with van der Waals surface area (Å²) in [4.78, 5) is 0. The van der Waals surface area contributed by atoms with Gasteiger partial charge in [0, 0.05) is 30.5 Å². The molecular formula is C12H15ClF3NO. The first-order valence-corrected chi connectivity index (χ1v) is 6.01. The lowest BCUT2D eigenvalue weighted by Crippen LogP contribution is -2.12. The lowest BCUT2D eigenvalue weighted by Gasteiger charge is -2.14. The van der Waals surface area contributed by atoms with Crippen LogP contribution < -0.4 is 5.32 Å². The molecule has 0 atom stereocenters. The van der Waals surface area contributed by atoms with Gasteiger partial charge < -0.3 is 10.1 Å². The third-order valence-electron chi connectivity index (χ3n) is 2.27. The van der Waals surface area contributed by atoms with Crippen LogP contribution in [-0.4, -0.2) is 19.8 Å². The van der Waals surface area contributed by atoms with Gasteiger partial charge in [-0.25, -0.2) is 0 Å². The molecule has 0 spiro atoms. The Morgan fingerprint density at radius 1 is 1.33 bits per heavy atom. The molecule has 0 unspecified atom stereocenters. The Morgan fingerprint density at radius 2 is 2.06 bits per heavy atom. The summed E-state index contributed by atoms with van der Waals surface area (Å²) < 4.78 is 43.3. The van der Waals surface area contributed by atoms with Crippen LogP contribution in [0.4, 0.5) is 18.9 Å². The summed E-state index contributed by atoms with van der Waals surface area (Å²) in [7, 11) is 0. The highest BCUT2D eigenvalue weighted by Crippen LogP contribution is 2.36. The highest BCUT2D eigenvalue weighted by Gasteiger charge is 2.33. The number of benzene rings is 1. The van der Waals surface area contributed by atoms with E-state index in [0.717, 1.165) is 6.07 Å². The van der Waals surface area contributed by atoms with Crippen molar-refractivity contribution in [1.29, 1.82) is 0 Å². The second-order valence-corrected chi connectivity index (χ2v) is 4.10. The highest BCUT2D eigenvalue weighted by atomic mass is 35.5. The average molecular weight is 282 g/mol. The third-order valence-corrected chi connectivity index (χ3v) is 2.51. The topological polar surface area (TPSA) is 21.3 Å². The molecule has 0 aliphatic carbocycles. The molecule has 0 bridgehead atoms. The van der Waals surface area contributed by atoms with E-state index in [1.54, 1.807) is 0 Å². The fraction of sp³-hybridized carbons (Fsp3) is 0.500. The van der Waals surface area contributed by atoms with Crippen LogP contribution in [0.2, 0.25) is 5.02 Å². The summed E-state index contributed by atoms with van der Waals surface area (Å²) >= 11 is 5.58. The van der Waals surface area contributed by atoms with Gasteiger partial charge in [-0.2, -0.15) is 13.2 Å². The molecule has 0 heterocycles. The number of hydrogen-bond acceptors (Lipinski definition) is 2. The Bertz CT molecular complexity index is 382. The summed E-state index contributed by atoms with van der Waals surface area (Å²) in [6.45, 7) is 3.42. The molecule has 102 valence electrons. The Balaban J connectivity index is 2.65. The van der Waals surface area contributed by atoms with Gasteiger partial charge >= 0.3 is 6.18 Å². The van der Waals surface area contributed by atoms with Crippen LogP contribution in [0, 0.1) is 0 Å². The summed E-state index contributed by atoms with van der Waals surface area (Å²) in [5, 5.41) is 2.82. The number of alkyl halides is 3. The lowest BCUT2D eigenvalue weighted by atomic mass is 10.1. The normalized spacial score (nSPS) is 11.6. The monoisotopic (exact) mass is 281 g/mol. The smallest absolute Gasteiger partial charge is 0.384 e. The van der Waals surface area contributed by atoms with Crippen LogP contribution in [0.3, 0.4) is 0 Å². The van der Waals surface area contributed by atoms with E-state index in [4.69, 9.17) is 16.3 Å². The quantitative estimate of drug-likeness (QED) is 0.789. The summed E-state index contributed by atoms with van der Waals surface area (Å²) in [5.74, 6) is 0. The maximum Gasteiger partial charge on any atom is 0.418 e. The standard InChI is InChI=1S/C12H15ClF3NO/c1-2-18-7-3-6-17-11-5-4-9(13)8-10(11)12(14,15)16/h4-5,8,17H,2-3,6-7H2,1H3. The molecule has 0 aliphatic heterocycles. The van der Waals surface area contributed by atoms with Gasteiger partial charge in [0.15, 0.2) is 0 Å². The van der Waals surface area contributed by atoms with Crippen molar-refractivity contribution in [2.45, 2.75) is 19.5 Å². The molecule has 0 fully saturated rings. The molecule has 2 nitrogen and oxygen atoms in total. The first kappa shape index (κ1) is 15.1. The molecule has 1 aromatic rings. The van der Waals surface area contributed by atoms with Crippen LogP contribution in [0.25, 0.3) is 0 Å². The number of anilines is 1. The van der Waals surface area contributed by atoms with Gasteiger partial charge in [-0.05, 0) is 31.5 Å². The maximum atomic E-state index is 12.7. The Morgan fingerprint density at radius 3 is 2.67 bits per heavy atom. The zero-order valence-corrected chi connectivity index (χ0v) is 10.7. The molecule has 1 N–H and O–H groups in total. The van der Waals surface area contributed by atoms with Crippen molar-refractivity contribution in [2.24, 2.45) is 0 Å². The van der Waals surface area contributed by atoms with Crippen molar-refractivity contribution in [2.75, 3.05) is 25.1 Å².